The van der Waals surface area contributed by atoms with E-state index < -0.39 is 18.3 Å². The van der Waals surface area contributed by atoms with Crippen LogP contribution in [0.25, 0.3) is 0 Å². The molecule has 1 radical (unpaired) electrons. The van der Waals surface area contributed by atoms with Crippen LogP contribution in [0.5, 0.6) is 0 Å². The number of hydrogen-bond acceptors (Lipinski definition) is 6. The second kappa shape index (κ2) is 22.6. The summed E-state index contributed by atoms with van der Waals surface area (Å²) in [6.07, 6.45) is 0. The molecule has 0 spiro atoms. The first-order valence-corrected chi connectivity index (χ1v) is 3.67. The largest absolute Gasteiger partial charge is 2.00 e. The maximum Gasteiger partial charge on any atom is 2.00 e. The average molecular weight is 257 g/mol. The van der Waals surface area contributed by atoms with Gasteiger partial charge < -0.3 is 28.1 Å². The maximum absolute atomic E-state index is 8.52. The Morgan fingerprint density at radius 2 is 0.727 bits per heavy atom. The summed E-state index contributed by atoms with van der Waals surface area (Å²) in [6, 6.07) is 0. The van der Waals surface area contributed by atoms with Gasteiger partial charge in [-0.05, 0) is 0 Å². The molecule has 55 valence electrons. The molecule has 0 unspecified atom stereocenters. The quantitative estimate of drug-likeness (QED) is 0.396. The van der Waals surface area contributed by atoms with E-state index >= 15 is 0 Å². The molecular formula is CoNa2O6Si2. The van der Waals surface area contributed by atoms with Crippen molar-refractivity contribution in [1.29, 1.82) is 0 Å². The summed E-state index contributed by atoms with van der Waals surface area (Å²) >= 11 is 0. The van der Waals surface area contributed by atoms with Crippen LogP contribution >= 0.6 is 0 Å². The molecule has 0 aliphatic rings. The number of hydrogen-bond donors (Lipinski definition) is 0. The minimum Gasteiger partial charge on any atom is -0.672 e. The monoisotopic (exact) mass is 257 g/mol. The molecule has 11 heteroatoms. The van der Waals surface area contributed by atoms with Gasteiger partial charge in [-0.15, -0.1) is 0 Å². The Morgan fingerprint density at radius 1 is 0.727 bits per heavy atom. The van der Waals surface area contributed by atoms with Gasteiger partial charge in [0.05, 0.1) is 0 Å². The molecule has 0 saturated carbocycles. The minimum atomic E-state index is -3.63. The Bertz CT molecular complexity index is 76.6. The van der Waals surface area contributed by atoms with Crippen molar-refractivity contribution in [2.45, 2.75) is 0 Å². The van der Waals surface area contributed by atoms with E-state index in [9.17, 15) is 0 Å². The van der Waals surface area contributed by atoms with E-state index in [0.717, 1.165) is 0 Å². The van der Waals surface area contributed by atoms with Crippen molar-refractivity contribution in [2.75, 3.05) is 0 Å². The molecule has 0 aliphatic heterocycles. The second-order valence-corrected chi connectivity index (χ2v) is 1.50. The van der Waals surface area contributed by atoms with E-state index in [1.807, 2.05) is 0 Å². The van der Waals surface area contributed by atoms with Gasteiger partial charge in [0.25, 0.3) is 0 Å². The fraction of sp³-hybridized carbons (Fsp3) is 0. The van der Waals surface area contributed by atoms with Crippen LogP contribution in [0.2, 0.25) is 0 Å². The molecule has 0 aliphatic carbocycles. The minimum absolute atomic E-state index is 0. The summed E-state index contributed by atoms with van der Waals surface area (Å²) in [4.78, 5) is 34.1. The first-order valence-electron chi connectivity index (χ1n) is 1.22. The van der Waals surface area contributed by atoms with E-state index in [2.05, 4.69) is 0 Å². The van der Waals surface area contributed by atoms with E-state index in [0.29, 0.717) is 0 Å². The van der Waals surface area contributed by atoms with Gasteiger partial charge in [0.2, 0.25) is 0 Å². The van der Waals surface area contributed by atoms with Crippen LogP contribution in [0, 0.1) is 0 Å². The van der Waals surface area contributed by atoms with Crippen molar-refractivity contribution in [2.24, 2.45) is 0 Å². The van der Waals surface area contributed by atoms with Gasteiger partial charge in [-0.3, -0.25) is 0 Å². The predicted molar refractivity (Wildman–Crippen MR) is 12.9 cm³/mol. The van der Waals surface area contributed by atoms with E-state index in [1.54, 1.807) is 0 Å². The van der Waals surface area contributed by atoms with Crippen LogP contribution in [-0.4, -0.2) is 18.3 Å². The third-order valence-corrected chi connectivity index (χ3v) is 0. The van der Waals surface area contributed by atoms with Crippen LogP contribution < -0.4 is 78.3 Å². The van der Waals surface area contributed by atoms with Crippen molar-refractivity contribution < 1.29 is 104 Å². The van der Waals surface area contributed by atoms with E-state index in [4.69, 9.17) is 28.1 Å². The van der Waals surface area contributed by atoms with E-state index in [1.165, 1.54) is 0 Å². The Labute approximate surface area is 121 Å². The molecule has 0 amide bonds. The molecule has 6 nitrogen and oxygen atoms in total. The Morgan fingerprint density at radius 3 is 0.727 bits per heavy atom. The third kappa shape index (κ3) is 368. The summed E-state index contributed by atoms with van der Waals surface area (Å²) in [6.45, 7) is 0. The molecule has 0 rings (SSSR count). The summed E-state index contributed by atoms with van der Waals surface area (Å²) in [5.41, 5.74) is 0. The molecule has 0 atom stereocenters. The van der Waals surface area contributed by atoms with Gasteiger partial charge >= 0.3 is 75.9 Å². The van der Waals surface area contributed by atoms with Gasteiger partial charge in [-0.2, -0.15) is 0 Å². The second-order valence-electron chi connectivity index (χ2n) is 0.500. The Hall–Kier alpha value is 1.74. The zero-order valence-corrected chi connectivity index (χ0v) is 12.8. The van der Waals surface area contributed by atoms with Gasteiger partial charge in [-0.1, -0.05) is 0 Å². The average Bonchev–Trinajstić information content (AvgIpc) is 1.25. The molecular weight excluding hydrogens is 257 g/mol. The zero-order chi connectivity index (χ0) is 7.15. The first-order chi connectivity index (χ1) is 3.46. The molecule has 0 aromatic heterocycles. The molecule has 0 saturated heterocycles. The predicted octanol–water partition coefficient (Wildman–Crippen LogP) is -11.7. The molecule has 0 bridgehead atoms. The van der Waals surface area contributed by atoms with Crippen LogP contribution in [0.4, 0.5) is 0 Å². The molecule has 0 heterocycles. The van der Waals surface area contributed by atoms with Crippen LogP contribution in [0.15, 0.2) is 0 Å². The number of rotatable bonds is 0. The zero-order valence-electron chi connectivity index (χ0n) is 5.78. The third-order valence-electron chi connectivity index (χ3n) is 0. The van der Waals surface area contributed by atoms with Crippen LogP contribution in [0.1, 0.15) is 0 Å². The Kier molecular flexibility index (Phi) is 60.2. The smallest absolute Gasteiger partial charge is 0.672 e. The SMILES string of the molecule is O=[Si]([O-])[O-].O=[Si]([O-])[O-].[Co+2].[Na+].[Na+]. The van der Waals surface area contributed by atoms with Gasteiger partial charge in [0.15, 0.2) is 0 Å². The maximum atomic E-state index is 8.52. The molecule has 0 N–H and O–H groups in total. The first kappa shape index (κ1) is 29.3. The van der Waals surface area contributed by atoms with Gasteiger partial charge in [-0.25, -0.2) is 0 Å². The van der Waals surface area contributed by atoms with Crippen LogP contribution in [-0.2, 0) is 25.7 Å². The molecule has 11 heavy (non-hydrogen) atoms. The normalized spacial score (nSPS) is 4.36. The standard InChI is InChI=1S/Co.2Na.2O3Si/c;;;2*1-4(2)3/q+2;2*+1;2*-2. The fourth-order valence-corrected chi connectivity index (χ4v) is 0. The van der Waals surface area contributed by atoms with Crippen molar-refractivity contribution in [3.8, 4) is 0 Å². The summed E-state index contributed by atoms with van der Waals surface area (Å²) in [7, 11) is -7.26. The molecule has 0 fully saturated rings. The van der Waals surface area contributed by atoms with Crippen LogP contribution in [0.3, 0.4) is 0 Å². The van der Waals surface area contributed by atoms with Crippen molar-refractivity contribution in [3.05, 3.63) is 0 Å². The van der Waals surface area contributed by atoms with E-state index in [-0.39, 0.29) is 75.9 Å². The van der Waals surface area contributed by atoms with Crippen molar-refractivity contribution in [3.63, 3.8) is 0 Å². The van der Waals surface area contributed by atoms with Gasteiger partial charge in [0.1, 0.15) is 0 Å². The fourth-order valence-electron chi connectivity index (χ4n) is 0. The summed E-state index contributed by atoms with van der Waals surface area (Å²) < 4.78 is 17.0. The molecule has 0 aromatic rings. The van der Waals surface area contributed by atoms with Crippen molar-refractivity contribution >= 4 is 18.3 Å². The Balaban J connectivity index is -0.0000000171. The summed E-state index contributed by atoms with van der Waals surface area (Å²) in [5, 5.41) is 0. The topological polar surface area (TPSA) is 126 Å². The van der Waals surface area contributed by atoms with Gasteiger partial charge in [0, 0.05) is 18.3 Å². The summed E-state index contributed by atoms with van der Waals surface area (Å²) in [5.74, 6) is 0. The van der Waals surface area contributed by atoms with Crippen molar-refractivity contribution in [1.82, 2.24) is 0 Å². The molecule has 0 aromatic carbocycles.